The zero-order chi connectivity index (χ0) is 22.1. The average molecular weight is 451 g/mol. The van der Waals surface area contributed by atoms with Crippen LogP contribution in [0.1, 0.15) is 68.4 Å². The summed E-state index contributed by atoms with van der Waals surface area (Å²) in [6, 6.07) is 5.82. The molecule has 0 saturated heterocycles. The van der Waals surface area contributed by atoms with Crippen molar-refractivity contribution >= 4 is 35.2 Å². The van der Waals surface area contributed by atoms with Gasteiger partial charge >= 0.3 is 12.1 Å². The standard InChI is InChI=1S/C22H30N2O4S2/c1-6-8-9-27-20(25)16-10-15(7-2)11-17(12-16)29-19-14-23-18(30-19)13-24-21(26)28-22(3,4)5/h10-12,14H,6-9,13H2,1-5H3,(H,24,26). The van der Waals surface area contributed by atoms with Gasteiger partial charge in [-0.1, -0.05) is 32.0 Å². The minimum atomic E-state index is -0.534. The van der Waals surface area contributed by atoms with Crippen LogP contribution in [0.5, 0.6) is 0 Å². The number of amides is 1. The minimum Gasteiger partial charge on any atom is -0.462 e. The summed E-state index contributed by atoms with van der Waals surface area (Å²) in [6.07, 6.45) is 3.99. The average Bonchev–Trinajstić information content (AvgIpc) is 3.12. The van der Waals surface area contributed by atoms with E-state index >= 15 is 0 Å². The summed E-state index contributed by atoms with van der Waals surface area (Å²) < 4.78 is 11.6. The van der Waals surface area contributed by atoms with Crippen molar-refractivity contribution in [1.82, 2.24) is 10.3 Å². The number of nitrogens with one attached hydrogen (secondary N) is 1. The quantitative estimate of drug-likeness (QED) is 0.382. The van der Waals surface area contributed by atoms with E-state index in [1.807, 2.05) is 32.9 Å². The molecule has 0 atom stereocenters. The second-order valence-corrected chi connectivity index (χ2v) is 10.2. The Kier molecular flexibility index (Phi) is 9.17. The van der Waals surface area contributed by atoms with E-state index in [-0.39, 0.29) is 5.97 Å². The van der Waals surface area contributed by atoms with E-state index in [1.54, 1.807) is 18.0 Å². The van der Waals surface area contributed by atoms with Gasteiger partial charge in [0.2, 0.25) is 0 Å². The number of nitrogens with zero attached hydrogens (tertiary/aromatic N) is 1. The van der Waals surface area contributed by atoms with Crippen molar-refractivity contribution in [3.8, 4) is 0 Å². The fourth-order valence-corrected chi connectivity index (χ4v) is 4.50. The Balaban J connectivity index is 2.01. The van der Waals surface area contributed by atoms with Gasteiger partial charge in [-0.05, 0) is 57.4 Å². The minimum absolute atomic E-state index is 0.285. The third-order valence-electron chi connectivity index (χ3n) is 3.87. The van der Waals surface area contributed by atoms with Crippen LogP contribution in [0.4, 0.5) is 4.79 Å². The van der Waals surface area contributed by atoms with Crippen LogP contribution < -0.4 is 5.32 Å². The van der Waals surface area contributed by atoms with Gasteiger partial charge in [0.05, 0.1) is 29.1 Å². The lowest BCUT2D eigenvalue weighted by Crippen LogP contribution is -2.32. The summed E-state index contributed by atoms with van der Waals surface area (Å²) in [5.74, 6) is -0.285. The molecular formula is C22H30N2O4S2. The first-order chi connectivity index (χ1) is 14.2. The van der Waals surface area contributed by atoms with Crippen LogP contribution in [0.2, 0.25) is 0 Å². The summed E-state index contributed by atoms with van der Waals surface area (Å²) in [4.78, 5) is 29.5. The van der Waals surface area contributed by atoms with Crippen LogP contribution in [0, 0.1) is 0 Å². The molecule has 30 heavy (non-hydrogen) atoms. The van der Waals surface area contributed by atoms with Gasteiger partial charge in [0.25, 0.3) is 0 Å². The molecule has 0 aliphatic heterocycles. The first-order valence-corrected chi connectivity index (χ1v) is 11.7. The van der Waals surface area contributed by atoms with Crippen molar-refractivity contribution in [1.29, 1.82) is 0 Å². The van der Waals surface area contributed by atoms with E-state index < -0.39 is 11.7 Å². The lowest BCUT2D eigenvalue weighted by molar-refractivity contribution is 0.0495. The molecule has 0 spiro atoms. The first-order valence-electron chi connectivity index (χ1n) is 10.1. The molecule has 1 aromatic heterocycles. The van der Waals surface area contributed by atoms with Crippen molar-refractivity contribution in [2.75, 3.05) is 6.61 Å². The molecule has 0 unspecified atom stereocenters. The number of esters is 1. The van der Waals surface area contributed by atoms with Gasteiger partial charge in [0.1, 0.15) is 10.6 Å². The molecule has 0 saturated carbocycles. The van der Waals surface area contributed by atoms with Gasteiger partial charge in [-0.3, -0.25) is 0 Å². The van der Waals surface area contributed by atoms with Crippen LogP contribution in [-0.2, 0) is 22.4 Å². The van der Waals surface area contributed by atoms with Gasteiger partial charge in [0.15, 0.2) is 0 Å². The maximum atomic E-state index is 12.4. The molecule has 0 radical (unpaired) electrons. The van der Waals surface area contributed by atoms with E-state index in [2.05, 4.69) is 30.2 Å². The number of carbonyl (C=O) groups excluding carboxylic acids is 2. The van der Waals surface area contributed by atoms with Crippen molar-refractivity contribution in [2.24, 2.45) is 0 Å². The number of aryl methyl sites for hydroxylation is 1. The summed E-state index contributed by atoms with van der Waals surface area (Å²) in [7, 11) is 0. The SMILES string of the molecule is CCCCOC(=O)c1cc(CC)cc(Sc2cnc(CNC(=O)OC(C)(C)C)s2)c1. The number of aromatic nitrogens is 1. The molecule has 1 aromatic carbocycles. The summed E-state index contributed by atoms with van der Waals surface area (Å²) in [5.41, 5.74) is 1.12. The molecule has 1 heterocycles. The smallest absolute Gasteiger partial charge is 0.408 e. The number of hydrogen-bond acceptors (Lipinski definition) is 7. The molecule has 164 valence electrons. The predicted molar refractivity (Wildman–Crippen MR) is 120 cm³/mol. The highest BCUT2D eigenvalue weighted by Crippen LogP contribution is 2.33. The molecule has 0 fully saturated rings. The Labute approximate surface area is 186 Å². The van der Waals surface area contributed by atoms with Gasteiger partial charge in [-0.25, -0.2) is 14.6 Å². The molecule has 6 nitrogen and oxygen atoms in total. The lowest BCUT2D eigenvalue weighted by Gasteiger charge is -2.19. The van der Waals surface area contributed by atoms with E-state index in [0.717, 1.165) is 38.9 Å². The van der Waals surface area contributed by atoms with E-state index in [0.29, 0.717) is 18.7 Å². The zero-order valence-electron chi connectivity index (χ0n) is 18.2. The van der Waals surface area contributed by atoms with Crippen LogP contribution in [-0.4, -0.2) is 29.3 Å². The number of thiazole rings is 1. The van der Waals surface area contributed by atoms with Gasteiger partial charge in [-0.15, -0.1) is 11.3 Å². The maximum absolute atomic E-state index is 12.4. The van der Waals surface area contributed by atoms with Crippen molar-refractivity contribution in [2.45, 2.75) is 75.1 Å². The van der Waals surface area contributed by atoms with Crippen LogP contribution in [0.3, 0.4) is 0 Å². The molecule has 1 N–H and O–H groups in total. The normalized spacial score (nSPS) is 11.2. The summed E-state index contributed by atoms with van der Waals surface area (Å²) in [6.45, 7) is 10.3. The van der Waals surface area contributed by atoms with Crippen LogP contribution in [0.25, 0.3) is 0 Å². The van der Waals surface area contributed by atoms with E-state index in [9.17, 15) is 9.59 Å². The number of rotatable bonds is 9. The molecule has 1 amide bonds. The highest BCUT2D eigenvalue weighted by Gasteiger charge is 2.16. The molecule has 2 aromatic rings. The molecule has 0 aliphatic rings. The second-order valence-electron chi connectivity index (χ2n) is 7.74. The fourth-order valence-electron chi connectivity index (χ4n) is 2.43. The van der Waals surface area contributed by atoms with E-state index in [1.165, 1.54) is 11.3 Å². The molecule has 0 aliphatic carbocycles. The van der Waals surface area contributed by atoms with Crippen LogP contribution >= 0.6 is 23.1 Å². The van der Waals surface area contributed by atoms with Crippen LogP contribution in [0.15, 0.2) is 33.5 Å². The highest BCUT2D eigenvalue weighted by molar-refractivity contribution is 8.01. The Morgan fingerprint density at radius 1 is 1.20 bits per heavy atom. The topological polar surface area (TPSA) is 77.5 Å². The first kappa shape index (κ1) is 24.2. The zero-order valence-corrected chi connectivity index (χ0v) is 19.9. The van der Waals surface area contributed by atoms with Gasteiger partial charge in [-0.2, -0.15) is 0 Å². The highest BCUT2D eigenvalue weighted by atomic mass is 32.2. The lowest BCUT2D eigenvalue weighted by atomic mass is 10.1. The van der Waals surface area contributed by atoms with Crippen molar-refractivity contribution in [3.63, 3.8) is 0 Å². The Hall–Kier alpha value is -2.06. The van der Waals surface area contributed by atoms with Crippen molar-refractivity contribution in [3.05, 3.63) is 40.5 Å². The second kappa shape index (κ2) is 11.4. The predicted octanol–water partition coefficient (Wildman–Crippen LogP) is 5.84. The third-order valence-corrected chi connectivity index (χ3v) is 5.94. The number of benzene rings is 1. The molecule has 8 heteroatoms. The Morgan fingerprint density at radius 2 is 1.97 bits per heavy atom. The van der Waals surface area contributed by atoms with E-state index in [4.69, 9.17) is 9.47 Å². The number of unbranched alkanes of at least 4 members (excludes halogenated alkanes) is 1. The third kappa shape index (κ3) is 8.36. The number of carbonyl (C=O) groups is 2. The molecule has 2 rings (SSSR count). The fraction of sp³-hybridized carbons (Fsp3) is 0.500. The summed E-state index contributed by atoms with van der Waals surface area (Å²) >= 11 is 3.04. The number of hydrogen-bond donors (Lipinski definition) is 1. The molecule has 0 bridgehead atoms. The van der Waals surface area contributed by atoms with Gasteiger partial charge in [0, 0.05) is 4.90 Å². The molecular weight excluding hydrogens is 420 g/mol. The monoisotopic (exact) mass is 450 g/mol. The Morgan fingerprint density at radius 3 is 2.63 bits per heavy atom. The largest absolute Gasteiger partial charge is 0.462 e. The summed E-state index contributed by atoms with van der Waals surface area (Å²) in [5, 5.41) is 3.50. The number of ether oxygens (including phenoxy) is 2. The Bertz CT molecular complexity index is 859. The maximum Gasteiger partial charge on any atom is 0.408 e. The van der Waals surface area contributed by atoms with Crippen molar-refractivity contribution < 1.29 is 19.1 Å². The van der Waals surface area contributed by atoms with Gasteiger partial charge < -0.3 is 14.8 Å². The number of alkyl carbamates (subject to hydrolysis) is 1.